The third-order valence-electron chi connectivity index (χ3n) is 4.03. The van der Waals surface area contributed by atoms with Crippen molar-refractivity contribution >= 4 is 17.7 Å². The largest absolute Gasteiger partial charge is 0.477 e. The van der Waals surface area contributed by atoms with Crippen LogP contribution in [0, 0.1) is 6.92 Å². The summed E-state index contributed by atoms with van der Waals surface area (Å²) in [7, 11) is 0. The van der Waals surface area contributed by atoms with E-state index in [1.807, 2.05) is 6.92 Å². The SMILES string of the molecule is CC[NH+]=C(C(=O)OCC)/C(CCCCCn1nc(C)cc1C(=O)O)=C(/C)N. The number of aromatic carboxylic acids is 1. The maximum atomic E-state index is 12.2. The fourth-order valence-electron chi connectivity index (χ4n) is 2.83. The van der Waals surface area contributed by atoms with E-state index in [1.54, 1.807) is 26.8 Å². The van der Waals surface area contributed by atoms with Gasteiger partial charge >= 0.3 is 11.9 Å². The second-order valence-electron chi connectivity index (χ2n) is 6.30. The maximum absolute atomic E-state index is 12.2. The monoisotopic (exact) mass is 379 g/mol. The Balaban J connectivity index is 2.64. The summed E-state index contributed by atoms with van der Waals surface area (Å²) in [5.74, 6) is -1.36. The summed E-state index contributed by atoms with van der Waals surface area (Å²) in [6, 6.07) is 1.57. The summed E-state index contributed by atoms with van der Waals surface area (Å²) >= 11 is 0. The fraction of sp³-hybridized carbons (Fsp3) is 0.579. The van der Waals surface area contributed by atoms with Gasteiger partial charge in [-0.1, -0.05) is 6.42 Å². The van der Waals surface area contributed by atoms with E-state index in [-0.39, 0.29) is 5.69 Å². The molecule has 8 heteroatoms. The van der Waals surface area contributed by atoms with Gasteiger partial charge in [0, 0.05) is 17.8 Å². The van der Waals surface area contributed by atoms with Crippen LogP contribution in [0.25, 0.3) is 0 Å². The van der Waals surface area contributed by atoms with Gasteiger partial charge in [0.05, 0.1) is 12.3 Å². The smallest absolute Gasteiger partial charge is 0.403 e. The molecule has 0 atom stereocenters. The zero-order valence-electron chi connectivity index (χ0n) is 16.7. The quantitative estimate of drug-likeness (QED) is 0.297. The molecule has 0 aliphatic heterocycles. The highest BCUT2D eigenvalue weighted by Crippen LogP contribution is 2.14. The topological polar surface area (TPSA) is 121 Å². The number of esters is 1. The molecule has 4 N–H and O–H groups in total. The lowest BCUT2D eigenvalue weighted by atomic mass is 10.0. The minimum Gasteiger partial charge on any atom is -0.477 e. The van der Waals surface area contributed by atoms with Crippen LogP contribution in [0.1, 0.15) is 62.6 Å². The molecule has 0 radical (unpaired) electrons. The van der Waals surface area contributed by atoms with Gasteiger partial charge in [-0.05, 0) is 53.0 Å². The minimum absolute atomic E-state index is 0.205. The third-order valence-corrected chi connectivity index (χ3v) is 4.03. The predicted octanol–water partition coefficient (Wildman–Crippen LogP) is 0.787. The lowest BCUT2D eigenvalue weighted by Gasteiger charge is -2.09. The van der Waals surface area contributed by atoms with Gasteiger partial charge in [-0.25, -0.2) is 14.6 Å². The predicted molar refractivity (Wildman–Crippen MR) is 102 cm³/mol. The number of rotatable bonds is 11. The summed E-state index contributed by atoms with van der Waals surface area (Å²) < 4.78 is 6.64. The van der Waals surface area contributed by atoms with Crippen LogP contribution < -0.4 is 10.7 Å². The Bertz CT molecular complexity index is 715. The standard InChI is InChI=1S/C19H30N4O4/c1-5-21-17(19(26)27-6-2)15(14(4)20)10-8-7-9-11-23-16(18(24)25)12-13(3)22-23/h12H,5-11,20H2,1-4H3,(H,24,25)/p+1/b15-14-,21-17?. The number of carbonyl (C=O) groups excluding carboxylic acids is 1. The Morgan fingerprint density at radius 3 is 2.56 bits per heavy atom. The Morgan fingerprint density at radius 1 is 1.30 bits per heavy atom. The van der Waals surface area contributed by atoms with Gasteiger partial charge in [0.15, 0.2) is 0 Å². The molecule has 0 bridgehead atoms. The molecule has 0 saturated heterocycles. The molecule has 0 aliphatic rings. The number of carbonyl (C=O) groups is 2. The van der Waals surface area contributed by atoms with Gasteiger partial charge in [0.1, 0.15) is 12.2 Å². The van der Waals surface area contributed by atoms with Crippen molar-refractivity contribution in [2.45, 2.75) is 59.9 Å². The van der Waals surface area contributed by atoms with Gasteiger partial charge in [0.2, 0.25) is 0 Å². The second kappa shape index (κ2) is 11.2. The summed E-state index contributed by atoms with van der Waals surface area (Å²) in [4.78, 5) is 26.4. The van der Waals surface area contributed by atoms with Crippen molar-refractivity contribution in [1.82, 2.24) is 9.78 Å². The summed E-state index contributed by atoms with van der Waals surface area (Å²) in [6.45, 7) is 8.67. The third kappa shape index (κ3) is 6.88. The zero-order valence-corrected chi connectivity index (χ0v) is 16.7. The number of unbranched alkanes of at least 4 members (excludes halogenated alkanes) is 2. The van der Waals surface area contributed by atoms with Crippen molar-refractivity contribution < 1.29 is 24.4 Å². The number of carboxylic acids is 1. The first-order valence-electron chi connectivity index (χ1n) is 9.33. The highest BCUT2D eigenvalue weighted by atomic mass is 16.5. The van der Waals surface area contributed by atoms with E-state index in [2.05, 4.69) is 10.1 Å². The lowest BCUT2D eigenvalue weighted by Crippen LogP contribution is -2.74. The van der Waals surface area contributed by atoms with Crippen molar-refractivity contribution in [3.63, 3.8) is 0 Å². The Kier molecular flexibility index (Phi) is 9.25. The van der Waals surface area contributed by atoms with Gasteiger partial charge in [-0.3, -0.25) is 4.68 Å². The fourth-order valence-corrected chi connectivity index (χ4v) is 2.83. The number of aromatic nitrogens is 2. The van der Waals surface area contributed by atoms with Crippen LogP contribution in [-0.2, 0) is 16.1 Å². The summed E-state index contributed by atoms with van der Waals surface area (Å²) in [5.41, 5.74) is 8.68. The van der Waals surface area contributed by atoms with Gasteiger partial charge in [-0.15, -0.1) is 0 Å². The van der Waals surface area contributed by atoms with Gasteiger partial charge in [0.25, 0.3) is 5.71 Å². The maximum Gasteiger partial charge on any atom is 0.403 e. The Hall–Kier alpha value is -2.64. The van der Waals surface area contributed by atoms with E-state index >= 15 is 0 Å². The second-order valence-corrected chi connectivity index (χ2v) is 6.30. The van der Waals surface area contributed by atoms with Crippen molar-refractivity contribution in [3.05, 3.63) is 28.7 Å². The van der Waals surface area contributed by atoms with E-state index in [0.29, 0.717) is 43.2 Å². The van der Waals surface area contributed by atoms with E-state index in [1.165, 1.54) is 4.68 Å². The van der Waals surface area contributed by atoms with Crippen LogP contribution in [-0.4, -0.2) is 45.7 Å². The minimum atomic E-state index is -0.973. The number of ether oxygens (including phenoxy) is 1. The first kappa shape index (κ1) is 22.4. The number of aryl methyl sites for hydroxylation is 2. The first-order chi connectivity index (χ1) is 12.8. The summed E-state index contributed by atoms with van der Waals surface area (Å²) in [5, 5.41) is 13.4. The Labute approximate surface area is 160 Å². The highest BCUT2D eigenvalue weighted by Gasteiger charge is 2.25. The van der Waals surface area contributed by atoms with E-state index in [9.17, 15) is 14.7 Å². The van der Waals surface area contributed by atoms with Gasteiger partial charge in [-0.2, -0.15) is 5.10 Å². The molecule has 0 aliphatic carbocycles. The molecule has 0 unspecified atom stereocenters. The molecule has 0 aromatic carbocycles. The van der Waals surface area contributed by atoms with Crippen LogP contribution in [0.5, 0.6) is 0 Å². The van der Waals surface area contributed by atoms with Crippen molar-refractivity contribution in [2.24, 2.45) is 5.73 Å². The number of nitrogens with two attached hydrogens (primary N) is 1. The number of allylic oxidation sites excluding steroid dienone is 1. The number of hydrogen-bond donors (Lipinski definition) is 3. The molecular formula is C19H31N4O4+. The van der Waals surface area contributed by atoms with E-state index in [4.69, 9.17) is 10.5 Å². The van der Waals surface area contributed by atoms with Crippen LogP contribution in [0.3, 0.4) is 0 Å². The number of carboxylic acid groups (broad SMARTS) is 1. The molecule has 0 fully saturated rings. The van der Waals surface area contributed by atoms with Gasteiger partial charge < -0.3 is 15.6 Å². The highest BCUT2D eigenvalue weighted by molar-refractivity contribution is 6.40. The molecule has 1 rings (SSSR count). The molecular weight excluding hydrogens is 348 g/mol. The van der Waals surface area contributed by atoms with E-state index in [0.717, 1.165) is 24.8 Å². The molecule has 150 valence electrons. The summed E-state index contributed by atoms with van der Waals surface area (Å²) in [6.07, 6.45) is 3.11. The zero-order chi connectivity index (χ0) is 20.4. The number of hydrogen-bond acceptors (Lipinski definition) is 5. The number of nitrogens with zero attached hydrogens (tertiary/aromatic N) is 2. The molecule has 8 nitrogen and oxygen atoms in total. The Morgan fingerprint density at radius 2 is 2.00 bits per heavy atom. The normalized spacial score (nSPS) is 12.7. The van der Waals surface area contributed by atoms with Crippen LogP contribution >= 0.6 is 0 Å². The molecule has 27 heavy (non-hydrogen) atoms. The van der Waals surface area contributed by atoms with Crippen LogP contribution in [0.4, 0.5) is 0 Å². The molecule has 1 heterocycles. The first-order valence-corrected chi connectivity index (χ1v) is 9.33. The average molecular weight is 379 g/mol. The van der Waals surface area contributed by atoms with Crippen LogP contribution in [0.15, 0.2) is 17.3 Å². The van der Waals surface area contributed by atoms with Crippen molar-refractivity contribution in [1.29, 1.82) is 0 Å². The van der Waals surface area contributed by atoms with E-state index < -0.39 is 11.9 Å². The molecule has 1 aromatic rings. The molecule has 0 spiro atoms. The number of nitrogens with one attached hydrogen (secondary N) is 1. The molecule has 1 aromatic heterocycles. The molecule has 0 saturated carbocycles. The van der Waals surface area contributed by atoms with Crippen molar-refractivity contribution in [3.8, 4) is 0 Å². The van der Waals surface area contributed by atoms with Crippen LogP contribution in [0.2, 0.25) is 0 Å². The average Bonchev–Trinajstić information content (AvgIpc) is 2.97. The molecule has 0 amide bonds. The van der Waals surface area contributed by atoms with Crippen molar-refractivity contribution in [2.75, 3.05) is 13.2 Å². The lowest BCUT2D eigenvalue weighted by molar-refractivity contribution is -0.451.